The lowest BCUT2D eigenvalue weighted by Crippen LogP contribution is -2.43. The molecule has 0 saturated heterocycles. The van der Waals surface area contributed by atoms with Crippen LogP contribution in [-0.2, 0) is 9.53 Å². The van der Waals surface area contributed by atoms with Crippen molar-refractivity contribution >= 4 is 35.8 Å². The molecule has 2 aliphatic carbocycles. The van der Waals surface area contributed by atoms with Gasteiger partial charge < -0.3 is 20.3 Å². The monoisotopic (exact) mass is 452 g/mol. The number of rotatable bonds is 9. The van der Waals surface area contributed by atoms with Gasteiger partial charge in [0.25, 0.3) is 0 Å². The van der Waals surface area contributed by atoms with Crippen LogP contribution in [0.2, 0.25) is 0 Å². The van der Waals surface area contributed by atoms with Crippen molar-refractivity contribution in [2.24, 2.45) is 10.9 Å². The zero-order valence-electron chi connectivity index (χ0n) is 15.1. The zero-order valence-corrected chi connectivity index (χ0v) is 17.4. The van der Waals surface area contributed by atoms with Crippen molar-refractivity contribution in [2.45, 2.75) is 51.0 Å². The Morgan fingerprint density at radius 2 is 1.92 bits per heavy atom. The summed E-state index contributed by atoms with van der Waals surface area (Å²) in [6.07, 6.45) is 8.55. The summed E-state index contributed by atoms with van der Waals surface area (Å²) in [6, 6.07) is 0.488. The van der Waals surface area contributed by atoms with Gasteiger partial charge in [-0.1, -0.05) is 12.8 Å². The number of hydrogen-bond donors (Lipinski definition) is 2. The smallest absolute Gasteiger partial charge is 0.243 e. The summed E-state index contributed by atoms with van der Waals surface area (Å²) in [5.41, 5.74) is 0. The molecule has 2 rings (SSSR count). The van der Waals surface area contributed by atoms with E-state index in [0.717, 1.165) is 38.1 Å². The minimum Gasteiger partial charge on any atom is -0.381 e. The van der Waals surface area contributed by atoms with E-state index in [9.17, 15) is 4.79 Å². The van der Waals surface area contributed by atoms with Crippen LogP contribution in [0.1, 0.15) is 44.9 Å². The Morgan fingerprint density at radius 1 is 1.21 bits per heavy atom. The molecule has 0 spiro atoms. The highest BCUT2D eigenvalue weighted by Crippen LogP contribution is 2.28. The van der Waals surface area contributed by atoms with E-state index >= 15 is 0 Å². The first-order chi connectivity index (χ1) is 11.1. The predicted octanol–water partition coefficient (Wildman–Crippen LogP) is 1.99. The van der Waals surface area contributed by atoms with Crippen molar-refractivity contribution < 1.29 is 9.53 Å². The number of halogens is 1. The normalized spacial score (nSPS) is 18.2. The van der Waals surface area contributed by atoms with Crippen LogP contribution < -0.4 is 10.6 Å². The van der Waals surface area contributed by atoms with Gasteiger partial charge in [0.15, 0.2) is 5.96 Å². The molecular weight excluding hydrogens is 419 g/mol. The van der Waals surface area contributed by atoms with Crippen molar-refractivity contribution in [3.63, 3.8) is 0 Å². The first-order valence-electron chi connectivity index (χ1n) is 8.98. The van der Waals surface area contributed by atoms with Gasteiger partial charge in [0, 0.05) is 39.9 Å². The van der Waals surface area contributed by atoms with Gasteiger partial charge in [-0.3, -0.25) is 4.79 Å². The van der Waals surface area contributed by atoms with Crippen molar-refractivity contribution in [2.75, 3.05) is 40.4 Å². The Morgan fingerprint density at radius 3 is 2.54 bits per heavy atom. The molecule has 24 heavy (non-hydrogen) atoms. The Hall–Kier alpha value is -0.570. The van der Waals surface area contributed by atoms with Crippen LogP contribution in [0.25, 0.3) is 0 Å². The number of carbonyl (C=O) groups excluding carboxylic acids is 1. The molecule has 6 nitrogen and oxygen atoms in total. The molecule has 0 bridgehead atoms. The van der Waals surface area contributed by atoms with Gasteiger partial charge in [0.1, 0.15) is 6.54 Å². The van der Waals surface area contributed by atoms with Gasteiger partial charge in [0.2, 0.25) is 5.91 Å². The number of likely N-dealkylation sites (N-methyl/N-ethyl adjacent to an activating group) is 1. The van der Waals surface area contributed by atoms with Crippen molar-refractivity contribution in [3.05, 3.63) is 0 Å². The van der Waals surface area contributed by atoms with Crippen molar-refractivity contribution in [1.29, 1.82) is 0 Å². The number of carbonyl (C=O) groups is 1. The average Bonchev–Trinajstić information content (AvgIpc) is 3.22. The second-order valence-electron chi connectivity index (χ2n) is 6.88. The summed E-state index contributed by atoms with van der Waals surface area (Å²) in [6.45, 7) is 2.71. The summed E-state index contributed by atoms with van der Waals surface area (Å²) >= 11 is 0. The van der Waals surface area contributed by atoms with Crippen molar-refractivity contribution in [1.82, 2.24) is 15.5 Å². The van der Waals surface area contributed by atoms with E-state index in [-0.39, 0.29) is 36.4 Å². The van der Waals surface area contributed by atoms with E-state index in [1.54, 1.807) is 19.0 Å². The highest BCUT2D eigenvalue weighted by molar-refractivity contribution is 14.0. The van der Waals surface area contributed by atoms with E-state index in [4.69, 9.17) is 4.74 Å². The van der Waals surface area contributed by atoms with Crippen LogP contribution in [0, 0.1) is 5.92 Å². The molecule has 2 aliphatic rings. The number of guanidine groups is 1. The predicted molar refractivity (Wildman–Crippen MR) is 108 cm³/mol. The molecule has 2 N–H and O–H groups in total. The molecule has 0 aromatic rings. The second kappa shape index (κ2) is 11.9. The van der Waals surface area contributed by atoms with E-state index < -0.39 is 0 Å². The summed E-state index contributed by atoms with van der Waals surface area (Å²) in [5, 5.41) is 6.79. The Labute approximate surface area is 163 Å². The van der Waals surface area contributed by atoms with Gasteiger partial charge in [-0.05, 0) is 38.0 Å². The standard InChI is InChI=1S/C17H32N4O2.HI/c1-21(2)16(22)12-19-17(20-15-6-3-4-7-15)18-10-5-11-23-13-14-8-9-14;/h14-15H,3-13H2,1-2H3,(H2,18,19,20);1H. The van der Waals surface area contributed by atoms with Gasteiger partial charge in [-0.15, -0.1) is 24.0 Å². The summed E-state index contributed by atoms with van der Waals surface area (Å²) < 4.78 is 5.64. The second-order valence-corrected chi connectivity index (χ2v) is 6.88. The van der Waals surface area contributed by atoms with Crippen molar-refractivity contribution in [3.8, 4) is 0 Å². The van der Waals surface area contributed by atoms with Gasteiger partial charge in [-0.2, -0.15) is 0 Å². The fourth-order valence-corrected chi connectivity index (χ4v) is 2.62. The molecule has 0 unspecified atom stereocenters. The molecular formula is C17H33IN4O2. The van der Waals surface area contributed by atoms with E-state index in [0.29, 0.717) is 6.04 Å². The largest absolute Gasteiger partial charge is 0.381 e. The maximum Gasteiger partial charge on any atom is 0.243 e. The molecule has 0 heterocycles. The quantitative estimate of drug-likeness (QED) is 0.243. The third-order valence-electron chi connectivity index (χ3n) is 4.38. The Balaban J connectivity index is 0.00000288. The molecule has 0 aromatic carbocycles. The number of nitrogens with zero attached hydrogens (tertiary/aromatic N) is 2. The molecule has 0 radical (unpaired) electrons. The van der Waals surface area contributed by atoms with Crippen LogP contribution in [0.4, 0.5) is 0 Å². The summed E-state index contributed by atoms with van der Waals surface area (Å²) in [5.74, 6) is 1.60. The SMILES string of the molecule is CN(C)C(=O)CN=C(NCCCOCC1CC1)NC1CCCC1.I. The highest BCUT2D eigenvalue weighted by Gasteiger charge is 2.21. The molecule has 2 saturated carbocycles. The minimum atomic E-state index is 0. The molecule has 0 aliphatic heterocycles. The minimum absolute atomic E-state index is 0. The lowest BCUT2D eigenvalue weighted by atomic mass is 10.2. The summed E-state index contributed by atoms with van der Waals surface area (Å²) in [4.78, 5) is 17.7. The molecule has 140 valence electrons. The van der Waals surface area contributed by atoms with Gasteiger partial charge in [0.05, 0.1) is 0 Å². The third-order valence-corrected chi connectivity index (χ3v) is 4.38. The number of aliphatic imine (C=N–C) groups is 1. The first-order valence-corrected chi connectivity index (χ1v) is 8.98. The number of nitrogens with one attached hydrogen (secondary N) is 2. The lowest BCUT2D eigenvalue weighted by Gasteiger charge is -2.18. The fourth-order valence-electron chi connectivity index (χ4n) is 2.62. The number of amides is 1. The first kappa shape index (κ1) is 21.5. The third kappa shape index (κ3) is 9.05. The zero-order chi connectivity index (χ0) is 16.5. The molecule has 0 aromatic heterocycles. The highest BCUT2D eigenvalue weighted by atomic mass is 127. The molecule has 1 amide bonds. The number of hydrogen-bond acceptors (Lipinski definition) is 3. The van der Waals surface area contributed by atoms with Crippen LogP contribution >= 0.6 is 24.0 Å². The van der Waals surface area contributed by atoms with E-state index in [1.165, 1.54) is 38.5 Å². The number of ether oxygens (including phenoxy) is 1. The van der Waals surface area contributed by atoms with Crippen LogP contribution in [0.5, 0.6) is 0 Å². The average molecular weight is 452 g/mol. The lowest BCUT2D eigenvalue weighted by molar-refractivity contribution is -0.127. The Kier molecular flexibility index (Phi) is 10.6. The Bertz CT molecular complexity index is 394. The van der Waals surface area contributed by atoms with Gasteiger partial charge >= 0.3 is 0 Å². The topological polar surface area (TPSA) is 66.0 Å². The van der Waals surface area contributed by atoms with Crippen LogP contribution in [-0.4, -0.2) is 63.2 Å². The maximum absolute atomic E-state index is 11.7. The molecule has 2 fully saturated rings. The van der Waals surface area contributed by atoms with Crippen LogP contribution in [0.3, 0.4) is 0 Å². The fraction of sp³-hybridized carbons (Fsp3) is 0.882. The van der Waals surface area contributed by atoms with E-state index in [2.05, 4.69) is 15.6 Å². The van der Waals surface area contributed by atoms with Crippen LogP contribution in [0.15, 0.2) is 4.99 Å². The van der Waals surface area contributed by atoms with E-state index in [1.807, 2.05) is 0 Å². The molecule has 0 atom stereocenters. The van der Waals surface area contributed by atoms with Gasteiger partial charge in [-0.25, -0.2) is 4.99 Å². The maximum atomic E-state index is 11.7. The summed E-state index contributed by atoms with van der Waals surface area (Å²) in [7, 11) is 3.51. The molecule has 7 heteroatoms.